The first-order valence-electron chi connectivity index (χ1n) is 9.07. The van der Waals surface area contributed by atoms with Crippen LogP contribution in [0.5, 0.6) is 5.75 Å². The van der Waals surface area contributed by atoms with Crippen LogP contribution in [0.4, 0.5) is 10.1 Å². The molecule has 30 heavy (non-hydrogen) atoms. The Labute approximate surface area is 171 Å². The lowest BCUT2D eigenvalue weighted by atomic mass is 10.1. The van der Waals surface area contributed by atoms with E-state index in [9.17, 15) is 9.18 Å². The Morgan fingerprint density at radius 3 is 2.93 bits per heavy atom. The summed E-state index contributed by atoms with van der Waals surface area (Å²) in [5.41, 5.74) is 3.01. The number of halogens is 1. The molecule has 0 saturated carbocycles. The zero-order chi connectivity index (χ0) is 21.1. The van der Waals surface area contributed by atoms with Crippen molar-refractivity contribution < 1.29 is 13.9 Å². The number of carbonyl (C=O) groups is 1. The molecular formula is C22H16FN5O2. The number of aryl methyl sites for hydroxylation is 1. The summed E-state index contributed by atoms with van der Waals surface area (Å²) in [4.78, 5) is 16.9. The predicted molar refractivity (Wildman–Crippen MR) is 108 cm³/mol. The Morgan fingerprint density at radius 2 is 2.13 bits per heavy atom. The van der Waals surface area contributed by atoms with Gasteiger partial charge in [0, 0.05) is 23.6 Å². The topological polar surface area (TPSA) is 92.3 Å². The second-order valence-electron chi connectivity index (χ2n) is 6.60. The van der Waals surface area contributed by atoms with E-state index < -0.39 is 11.7 Å². The maximum absolute atomic E-state index is 14.4. The van der Waals surface area contributed by atoms with Crippen molar-refractivity contribution in [2.75, 3.05) is 5.32 Å². The number of carbonyl (C=O) groups excluding carboxylic acids is 1. The maximum atomic E-state index is 14.4. The quantitative estimate of drug-likeness (QED) is 0.548. The highest BCUT2D eigenvalue weighted by Crippen LogP contribution is 2.23. The van der Waals surface area contributed by atoms with Crippen molar-refractivity contribution in [3.05, 3.63) is 89.1 Å². The van der Waals surface area contributed by atoms with Crippen LogP contribution in [0.2, 0.25) is 0 Å². The molecule has 0 fully saturated rings. The molecule has 148 valence electrons. The lowest BCUT2D eigenvalue weighted by Gasteiger charge is -2.10. The molecule has 0 aliphatic carbocycles. The first-order chi connectivity index (χ1) is 14.5. The SMILES string of the molecule is Cc1ccn2ncc(C(=O)Nc3ccc(OCc4cccc(C#N)c4)c(F)c3)c2n1. The second-order valence-corrected chi connectivity index (χ2v) is 6.60. The fourth-order valence-electron chi connectivity index (χ4n) is 2.91. The van der Waals surface area contributed by atoms with Gasteiger partial charge in [0.05, 0.1) is 17.8 Å². The first-order valence-corrected chi connectivity index (χ1v) is 9.07. The monoisotopic (exact) mass is 401 g/mol. The Balaban J connectivity index is 1.46. The van der Waals surface area contributed by atoms with Gasteiger partial charge in [-0.15, -0.1) is 0 Å². The van der Waals surface area contributed by atoms with E-state index in [4.69, 9.17) is 10.00 Å². The minimum Gasteiger partial charge on any atom is -0.486 e. The third-order valence-corrected chi connectivity index (χ3v) is 4.39. The highest BCUT2D eigenvalue weighted by Gasteiger charge is 2.15. The third kappa shape index (κ3) is 3.95. The highest BCUT2D eigenvalue weighted by molar-refractivity contribution is 6.08. The number of aromatic nitrogens is 3. The molecule has 4 aromatic rings. The molecule has 2 aromatic carbocycles. The molecule has 0 saturated heterocycles. The highest BCUT2D eigenvalue weighted by atomic mass is 19.1. The largest absolute Gasteiger partial charge is 0.486 e. The number of rotatable bonds is 5. The maximum Gasteiger partial charge on any atom is 0.261 e. The summed E-state index contributed by atoms with van der Waals surface area (Å²) in [7, 11) is 0. The Bertz CT molecular complexity index is 1290. The van der Waals surface area contributed by atoms with Crippen molar-refractivity contribution in [2.24, 2.45) is 0 Å². The van der Waals surface area contributed by atoms with Gasteiger partial charge in [-0.1, -0.05) is 12.1 Å². The zero-order valence-corrected chi connectivity index (χ0v) is 16.0. The molecule has 0 unspecified atom stereocenters. The van der Waals surface area contributed by atoms with Crippen molar-refractivity contribution in [3.8, 4) is 11.8 Å². The number of nitrogens with zero attached hydrogens (tertiary/aromatic N) is 4. The fourth-order valence-corrected chi connectivity index (χ4v) is 2.91. The van der Waals surface area contributed by atoms with E-state index in [2.05, 4.69) is 15.4 Å². The third-order valence-electron chi connectivity index (χ3n) is 4.39. The number of benzene rings is 2. The van der Waals surface area contributed by atoms with E-state index in [1.165, 1.54) is 22.8 Å². The van der Waals surface area contributed by atoms with Crippen LogP contribution < -0.4 is 10.1 Å². The standard InChI is InChI=1S/C22H16FN5O2/c1-14-7-8-28-21(26-14)18(12-25-28)22(29)27-17-5-6-20(19(23)10-17)30-13-16-4-2-3-15(9-16)11-24/h2-10,12H,13H2,1H3,(H,27,29). The van der Waals surface area contributed by atoms with Crippen molar-refractivity contribution in [2.45, 2.75) is 13.5 Å². The molecule has 0 aliphatic rings. The Hall–Kier alpha value is -4.25. The summed E-state index contributed by atoms with van der Waals surface area (Å²) in [6.45, 7) is 1.94. The van der Waals surface area contributed by atoms with Gasteiger partial charge in [0.25, 0.3) is 5.91 Å². The Kier molecular flexibility index (Phi) is 5.09. The van der Waals surface area contributed by atoms with Crippen LogP contribution in [0.15, 0.2) is 60.9 Å². The second kappa shape index (κ2) is 8.01. The molecule has 0 atom stereocenters. The summed E-state index contributed by atoms with van der Waals surface area (Å²) < 4.78 is 21.4. The van der Waals surface area contributed by atoms with Gasteiger partial charge in [0.1, 0.15) is 12.2 Å². The summed E-state index contributed by atoms with van der Waals surface area (Å²) in [6.07, 6.45) is 3.13. The summed E-state index contributed by atoms with van der Waals surface area (Å²) >= 11 is 0. The van der Waals surface area contributed by atoms with Crippen LogP contribution in [-0.2, 0) is 6.61 Å². The molecule has 2 heterocycles. The molecule has 7 nitrogen and oxygen atoms in total. The molecule has 0 spiro atoms. The summed E-state index contributed by atoms with van der Waals surface area (Å²) in [6, 6.07) is 14.9. The van der Waals surface area contributed by atoms with E-state index in [1.807, 2.05) is 13.0 Å². The van der Waals surface area contributed by atoms with Crippen LogP contribution in [-0.4, -0.2) is 20.5 Å². The molecule has 0 bridgehead atoms. The van der Waals surface area contributed by atoms with Gasteiger partial charge in [0.15, 0.2) is 17.2 Å². The predicted octanol–water partition coefficient (Wildman–Crippen LogP) is 3.88. The van der Waals surface area contributed by atoms with E-state index in [0.29, 0.717) is 11.2 Å². The van der Waals surface area contributed by atoms with E-state index >= 15 is 0 Å². The summed E-state index contributed by atoms with van der Waals surface area (Å²) in [5, 5.41) is 15.7. The van der Waals surface area contributed by atoms with Crippen molar-refractivity contribution in [1.82, 2.24) is 14.6 Å². The van der Waals surface area contributed by atoms with Crippen LogP contribution in [0.25, 0.3) is 5.65 Å². The van der Waals surface area contributed by atoms with E-state index in [0.717, 1.165) is 11.3 Å². The molecule has 1 N–H and O–H groups in total. The number of nitrogens with one attached hydrogen (secondary N) is 1. The van der Waals surface area contributed by atoms with Gasteiger partial charge in [0.2, 0.25) is 0 Å². The fraction of sp³-hybridized carbons (Fsp3) is 0.0909. The smallest absolute Gasteiger partial charge is 0.261 e. The number of ether oxygens (including phenoxy) is 1. The van der Waals surface area contributed by atoms with Gasteiger partial charge >= 0.3 is 0 Å². The van der Waals surface area contributed by atoms with Crippen LogP contribution in [0.1, 0.15) is 27.2 Å². The lowest BCUT2D eigenvalue weighted by Crippen LogP contribution is -2.12. The van der Waals surface area contributed by atoms with Crippen LogP contribution >= 0.6 is 0 Å². The zero-order valence-electron chi connectivity index (χ0n) is 16.0. The van der Waals surface area contributed by atoms with Gasteiger partial charge in [-0.3, -0.25) is 4.79 Å². The number of amides is 1. The van der Waals surface area contributed by atoms with Crippen molar-refractivity contribution in [1.29, 1.82) is 5.26 Å². The number of nitriles is 1. The normalized spacial score (nSPS) is 10.6. The first kappa shape index (κ1) is 19.1. The van der Waals surface area contributed by atoms with Crippen molar-refractivity contribution >= 4 is 17.2 Å². The van der Waals surface area contributed by atoms with Gasteiger partial charge in [-0.05, 0) is 42.8 Å². The molecule has 0 radical (unpaired) electrons. The number of hydrogen-bond acceptors (Lipinski definition) is 5. The van der Waals surface area contributed by atoms with Crippen LogP contribution in [0, 0.1) is 24.1 Å². The molecule has 1 amide bonds. The minimum atomic E-state index is -0.613. The minimum absolute atomic E-state index is 0.0450. The summed E-state index contributed by atoms with van der Waals surface area (Å²) in [5.74, 6) is -1.01. The van der Waals surface area contributed by atoms with Crippen molar-refractivity contribution in [3.63, 3.8) is 0 Å². The number of fused-ring (bicyclic) bond motifs is 1. The average Bonchev–Trinajstić information content (AvgIpc) is 3.16. The number of anilines is 1. The molecule has 2 aromatic heterocycles. The average molecular weight is 401 g/mol. The molecule has 8 heteroatoms. The van der Waals surface area contributed by atoms with E-state index in [-0.39, 0.29) is 23.6 Å². The van der Waals surface area contributed by atoms with Crippen LogP contribution in [0.3, 0.4) is 0 Å². The van der Waals surface area contributed by atoms with Gasteiger partial charge < -0.3 is 10.1 Å². The van der Waals surface area contributed by atoms with Gasteiger partial charge in [-0.2, -0.15) is 10.4 Å². The molecule has 0 aliphatic heterocycles. The van der Waals surface area contributed by atoms with E-state index in [1.54, 1.807) is 42.6 Å². The van der Waals surface area contributed by atoms with Gasteiger partial charge in [-0.25, -0.2) is 13.9 Å². The molecule has 4 rings (SSSR count). The molecular weight excluding hydrogens is 385 g/mol. The Morgan fingerprint density at radius 1 is 1.27 bits per heavy atom. The lowest BCUT2D eigenvalue weighted by molar-refractivity contribution is 0.102. The number of hydrogen-bond donors (Lipinski definition) is 1.